The fourth-order valence-electron chi connectivity index (χ4n) is 1.75. The van der Waals surface area contributed by atoms with Gasteiger partial charge in [0, 0.05) is 0 Å². The topological polar surface area (TPSA) is 84.8 Å². The Kier molecular flexibility index (Phi) is 3.62. The lowest BCUT2D eigenvalue weighted by molar-refractivity contribution is 0.295. The van der Waals surface area contributed by atoms with E-state index in [9.17, 15) is 0 Å². The SMILES string of the molecule is Cc1cc(C)cc(OCc2ncc(C#N)c(N)n2)c1. The summed E-state index contributed by atoms with van der Waals surface area (Å²) in [6, 6.07) is 7.88. The standard InChI is InChI=1S/C14H14N4O/c1-9-3-10(2)5-12(4-9)19-8-13-17-7-11(6-15)14(16)18-13/h3-5,7H,8H2,1-2H3,(H2,16,17,18). The number of nitrogens with zero attached hydrogens (tertiary/aromatic N) is 3. The highest BCUT2D eigenvalue weighted by Crippen LogP contribution is 2.17. The summed E-state index contributed by atoms with van der Waals surface area (Å²) in [6.45, 7) is 4.24. The predicted molar refractivity (Wildman–Crippen MR) is 71.4 cm³/mol. The highest BCUT2D eigenvalue weighted by molar-refractivity contribution is 5.46. The molecule has 0 radical (unpaired) electrons. The minimum atomic E-state index is 0.177. The van der Waals surface area contributed by atoms with Gasteiger partial charge in [0.1, 0.15) is 29.8 Å². The zero-order valence-electron chi connectivity index (χ0n) is 10.8. The van der Waals surface area contributed by atoms with E-state index in [1.165, 1.54) is 6.20 Å². The second-order valence-corrected chi connectivity index (χ2v) is 4.31. The zero-order chi connectivity index (χ0) is 13.8. The Morgan fingerprint density at radius 1 is 1.26 bits per heavy atom. The minimum absolute atomic E-state index is 0.177. The number of aryl methyl sites for hydroxylation is 2. The van der Waals surface area contributed by atoms with Crippen molar-refractivity contribution in [2.45, 2.75) is 20.5 Å². The van der Waals surface area contributed by atoms with Crippen molar-refractivity contribution in [3.63, 3.8) is 0 Å². The number of rotatable bonds is 3. The third-order valence-electron chi connectivity index (χ3n) is 2.55. The van der Waals surface area contributed by atoms with Crippen LogP contribution in [0.15, 0.2) is 24.4 Å². The molecule has 0 amide bonds. The van der Waals surface area contributed by atoms with E-state index in [1.54, 1.807) is 0 Å². The summed E-state index contributed by atoms with van der Waals surface area (Å²) < 4.78 is 5.62. The second kappa shape index (κ2) is 5.36. The van der Waals surface area contributed by atoms with E-state index in [0.717, 1.165) is 16.9 Å². The Labute approximate surface area is 111 Å². The molecule has 0 saturated carbocycles. The first-order chi connectivity index (χ1) is 9.08. The molecule has 0 aliphatic heterocycles. The number of nitrogens with two attached hydrogens (primary N) is 1. The normalized spacial score (nSPS) is 9.95. The van der Waals surface area contributed by atoms with Gasteiger partial charge in [-0.1, -0.05) is 6.07 Å². The van der Waals surface area contributed by atoms with Gasteiger partial charge in [0.05, 0.1) is 6.20 Å². The van der Waals surface area contributed by atoms with Crippen LogP contribution >= 0.6 is 0 Å². The molecular weight excluding hydrogens is 240 g/mol. The number of ether oxygens (including phenoxy) is 1. The third-order valence-corrected chi connectivity index (χ3v) is 2.55. The lowest BCUT2D eigenvalue weighted by atomic mass is 10.1. The van der Waals surface area contributed by atoms with Gasteiger partial charge in [0.25, 0.3) is 0 Å². The quantitative estimate of drug-likeness (QED) is 0.906. The first-order valence-corrected chi connectivity index (χ1v) is 5.81. The molecule has 0 saturated heterocycles. The first-order valence-electron chi connectivity index (χ1n) is 5.81. The molecule has 0 spiro atoms. The van der Waals surface area contributed by atoms with Crippen molar-refractivity contribution in [3.8, 4) is 11.8 Å². The van der Waals surface area contributed by atoms with Gasteiger partial charge in [-0.05, 0) is 37.1 Å². The van der Waals surface area contributed by atoms with E-state index in [0.29, 0.717) is 5.82 Å². The molecule has 19 heavy (non-hydrogen) atoms. The molecule has 1 heterocycles. The molecule has 1 aromatic heterocycles. The Bertz CT molecular complexity index is 626. The molecule has 1 aromatic carbocycles. The molecule has 2 aromatic rings. The van der Waals surface area contributed by atoms with Crippen LogP contribution in [0.4, 0.5) is 5.82 Å². The van der Waals surface area contributed by atoms with Crippen molar-refractivity contribution in [2.24, 2.45) is 0 Å². The summed E-state index contributed by atoms with van der Waals surface area (Å²) in [5, 5.41) is 8.74. The van der Waals surface area contributed by atoms with Gasteiger partial charge in [0.2, 0.25) is 0 Å². The summed E-state index contributed by atoms with van der Waals surface area (Å²) in [5.41, 5.74) is 8.16. The van der Waals surface area contributed by atoms with E-state index >= 15 is 0 Å². The monoisotopic (exact) mass is 254 g/mol. The highest BCUT2D eigenvalue weighted by Gasteiger charge is 2.04. The Hall–Kier alpha value is -2.61. The van der Waals surface area contributed by atoms with Crippen molar-refractivity contribution in [1.82, 2.24) is 9.97 Å². The number of hydrogen-bond donors (Lipinski definition) is 1. The maximum Gasteiger partial charge on any atom is 0.168 e. The predicted octanol–water partition coefficient (Wildman–Crippen LogP) is 2.13. The number of hydrogen-bond acceptors (Lipinski definition) is 5. The third kappa shape index (κ3) is 3.19. The van der Waals surface area contributed by atoms with Crippen molar-refractivity contribution in [2.75, 3.05) is 5.73 Å². The number of aromatic nitrogens is 2. The zero-order valence-corrected chi connectivity index (χ0v) is 10.8. The number of benzene rings is 1. The molecule has 0 atom stereocenters. The molecular formula is C14H14N4O. The summed E-state index contributed by atoms with van der Waals surface area (Å²) >= 11 is 0. The van der Waals surface area contributed by atoms with Crippen LogP contribution in [0.1, 0.15) is 22.5 Å². The van der Waals surface area contributed by atoms with Crippen LogP contribution in [0, 0.1) is 25.2 Å². The smallest absolute Gasteiger partial charge is 0.168 e. The van der Waals surface area contributed by atoms with Crippen molar-refractivity contribution in [1.29, 1.82) is 5.26 Å². The molecule has 0 aliphatic carbocycles. The molecule has 0 fully saturated rings. The molecule has 96 valence electrons. The first kappa shape index (κ1) is 12.8. The average molecular weight is 254 g/mol. The van der Waals surface area contributed by atoms with Crippen LogP contribution in [0.2, 0.25) is 0 Å². The van der Waals surface area contributed by atoms with E-state index in [1.807, 2.05) is 32.0 Å². The molecule has 5 heteroatoms. The molecule has 0 bridgehead atoms. The van der Waals surface area contributed by atoms with Gasteiger partial charge in [-0.15, -0.1) is 0 Å². The Balaban J connectivity index is 2.10. The van der Waals surface area contributed by atoms with E-state index in [4.69, 9.17) is 15.7 Å². The maximum absolute atomic E-state index is 8.74. The number of nitriles is 1. The highest BCUT2D eigenvalue weighted by atomic mass is 16.5. The van der Waals surface area contributed by atoms with Crippen LogP contribution in [-0.2, 0) is 6.61 Å². The van der Waals surface area contributed by atoms with Crippen molar-refractivity contribution >= 4 is 5.82 Å². The Morgan fingerprint density at radius 3 is 2.53 bits per heavy atom. The minimum Gasteiger partial charge on any atom is -0.486 e. The van der Waals surface area contributed by atoms with E-state index in [-0.39, 0.29) is 18.0 Å². The summed E-state index contributed by atoms with van der Waals surface area (Å²) in [6.07, 6.45) is 1.41. The number of nitrogen functional groups attached to an aromatic ring is 1. The van der Waals surface area contributed by atoms with Crippen LogP contribution in [0.3, 0.4) is 0 Å². The van der Waals surface area contributed by atoms with Crippen LogP contribution < -0.4 is 10.5 Å². The summed E-state index contributed by atoms with van der Waals surface area (Å²) in [4.78, 5) is 8.05. The van der Waals surface area contributed by atoms with Crippen LogP contribution in [-0.4, -0.2) is 9.97 Å². The molecule has 5 nitrogen and oxygen atoms in total. The molecule has 0 unspecified atom stereocenters. The van der Waals surface area contributed by atoms with Crippen molar-refractivity contribution in [3.05, 3.63) is 46.9 Å². The maximum atomic E-state index is 8.74. The lowest BCUT2D eigenvalue weighted by Gasteiger charge is -2.08. The van der Waals surface area contributed by atoms with Crippen molar-refractivity contribution < 1.29 is 4.74 Å². The van der Waals surface area contributed by atoms with Gasteiger partial charge in [-0.2, -0.15) is 5.26 Å². The fraction of sp³-hybridized carbons (Fsp3) is 0.214. The molecule has 2 rings (SSSR count). The van der Waals surface area contributed by atoms with Crippen LogP contribution in [0.5, 0.6) is 5.75 Å². The summed E-state index contributed by atoms with van der Waals surface area (Å²) in [5.74, 6) is 1.40. The van der Waals surface area contributed by atoms with Gasteiger partial charge >= 0.3 is 0 Å². The van der Waals surface area contributed by atoms with Gasteiger partial charge in [0.15, 0.2) is 5.82 Å². The van der Waals surface area contributed by atoms with E-state index < -0.39 is 0 Å². The number of anilines is 1. The summed E-state index contributed by atoms with van der Waals surface area (Å²) in [7, 11) is 0. The van der Waals surface area contributed by atoms with E-state index in [2.05, 4.69) is 16.0 Å². The van der Waals surface area contributed by atoms with Crippen LogP contribution in [0.25, 0.3) is 0 Å². The van der Waals surface area contributed by atoms with Gasteiger partial charge in [-0.3, -0.25) is 0 Å². The fourth-order valence-corrected chi connectivity index (χ4v) is 1.75. The lowest BCUT2D eigenvalue weighted by Crippen LogP contribution is -2.05. The Morgan fingerprint density at radius 2 is 1.95 bits per heavy atom. The molecule has 2 N–H and O–H groups in total. The second-order valence-electron chi connectivity index (χ2n) is 4.31. The largest absolute Gasteiger partial charge is 0.486 e. The average Bonchev–Trinajstić information content (AvgIpc) is 2.35. The molecule has 0 aliphatic rings. The van der Waals surface area contributed by atoms with Gasteiger partial charge < -0.3 is 10.5 Å². The van der Waals surface area contributed by atoms with Gasteiger partial charge in [-0.25, -0.2) is 9.97 Å².